The summed E-state index contributed by atoms with van der Waals surface area (Å²) in [6.07, 6.45) is 0. The van der Waals surface area contributed by atoms with Gasteiger partial charge in [0.2, 0.25) is 0 Å². The smallest absolute Gasteiger partial charge is 0.313 e. The van der Waals surface area contributed by atoms with Gasteiger partial charge < -0.3 is 10.2 Å². The fourth-order valence-electron chi connectivity index (χ4n) is 1.52. The van der Waals surface area contributed by atoms with Crippen molar-refractivity contribution >= 4 is 29.3 Å². The molecule has 2 N–H and O–H groups in total. The highest BCUT2D eigenvalue weighted by Gasteiger charge is 2.18. The predicted octanol–water partition coefficient (Wildman–Crippen LogP) is 1.73. The molecule has 0 saturated heterocycles. The van der Waals surface area contributed by atoms with Gasteiger partial charge in [-0.3, -0.25) is 9.36 Å². The number of aliphatic hydroxyl groups is 1. The first kappa shape index (κ1) is 14.8. The van der Waals surface area contributed by atoms with Crippen LogP contribution in [0.2, 0.25) is 5.02 Å². The van der Waals surface area contributed by atoms with E-state index in [-0.39, 0.29) is 22.4 Å². The molecule has 106 valence electrons. The normalized spacial score (nSPS) is 10.8. The summed E-state index contributed by atoms with van der Waals surface area (Å²) in [5.74, 6) is -1.78. The fraction of sp³-hybridized carbons (Fsp3) is 0.182. The number of hydrogen-bond acceptors (Lipinski definition) is 5. The van der Waals surface area contributed by atoms with Crippen molar-refractivity contribution < 1.29 is 19.4 Å². The molecule has 0 aliphatic carbocycles. The van der Waals surface area contributed by atoms with Crippen LogP contribution in [0.5, 0.6) is 0 Å². The zero-order valence-electron chi connectivity index (χ0n) is 9.95. The van der Waals surface area contributed by atoms with Crippen LogP contribution in [0.3, 0.4) is 0 Å². The number of carboxylic acid groups (broad SMARTS) is 1. The minimum absolute atomic E-state index is 0.0550. The molecule has 0 spiro atoms. The molecule has 20 heavy (non-hydrogen) atoms. The maximum absolute atomic E-state index is 13.9. The number of halogens is 2. The van der Waals surface area contributed by atoms with E-state index >= 15 is 0 Å². The molecule has 2 rings (SSSR count). The molecule has 0 saturated carbocycles. The van der Waals surface area contributed by atoms with Gasteiger partial charge in [0.15, 0.2) is 11.0 Å². The SMILES string of the molecule is O=C(O)CSc1nnc(CO)n1-c1cc(Cl)ccc1F. The molecule has 1 aromatic carbocycles. The van der Waals surface area contributed by atoms with Crippen LogP contribution in [-0.2, 0) is 11.4 Å². The van der Waals surface area contributed by atoms with E-state index in [1.54, 1.807) is 0 Å². The number of carboxylic acids is 1. The molecule has 0 unspecified atom stereocenters. The van der Waals surface area contributed by atoms with E-state index in [0.29, 0.717) is 5.02 Å². The molecule has 2 aromatic rings. The lowest BCUT2D eigenvalue weighted by Crippen LogP contribution is -2.06. The number of hydrogen-bond donors (Lipinski definition) is 2. The Balaban J connectivity index is 2.50. The van der Waals surface area contributed by atoms with E-state index in [9.17, 15) is 14.3 Å². The molecular weight excluding hydrogens is 309 g/mol. The molecule has 0 fully saturated rings. The standard InChI is InChI=1S/C11H9ClFN3O3S/c12-6-1-2-7(13)8(3-6)16-9(4-17)14-15-11(16)20-5-10(18)19/h1-3,17H,4-5H2,(H,18,19). The Labute approximate surface area is 122 Å². The van der Waals surface area contributed by atoms with Crippen molar-refractivity contribution in [2.75, 3.05) is 5.75 Å². The second kappa shape index (κ2) is 6.21. The van der Waals surface area contributed by atoms with Gasteiger partial charge in [-0.25, -0.2) is 4.39 Å². The third-order valence-corrected chi connectivity index (χ3v) is 3.46. The highest BCUT2D eigenvalue weighted by molar-refractivity contribution is 7.99. The van der Waals surface area contributed by atoms with Gasteiger partial charge in [0.05, 0.1) is 11.4 Å². The first-order chi connectivity index (χ1) is 9.52. The van der Waals surface area contributed by atoms with Crippen LogP contribution >= 0.6 is 23.4 Å². The molecule has 0 aliphatic rings. The van der Waals surface area contributed by atoms with Crippen molar-refractivity contribution in [3.63, 3.8) is 0 Å². The number of rotatable bonds is 5. The van der Waals surface area contributed by atoms with Gasteiger partial charge in [0.25, 0.3) is 0 Å². The topological polar surface area (TPSA) is 88.2 Å². The van der Waals surface area contributed by atoms with Crippen molar-refractivity contribution in [1.29, 1.82) is 0 Å². The highest BCUT2D eigenvalue weighted by Crippen LogP contribution is 2.26. The van der Waals surface area contributed by atoms with E-state index < -0.39 is 18.4 Å². The lowest BCUT2D eigenvalue weighted by Gasteiger charge is -2.10. The van der Waals surface area contributed by atoms with Gasteiger partial charge in [-0.15, -0.1) is 10.2 Å². The minimum Gasteiger partial charge on any atom is -0.481 e. The Bertz CT molecular complexity index is 650. The van der Waals surface area contributed by atoms with Gasteiger partial charge in [0.1, 0.15) is 12.4 Å². The first-order valence-corrected chi connectivity index (χ1v) is 6.74. The predicted molar refractivity (Wildman–Crippen MR) is 70.6 cm³/mol. The van der Waals surface area contributed by atoms with Crippen molar-refractivity contribution in [3.8, 4) is 5.69 Å². The average molecular weight is 318 g/mol. The van der Waals surface area contributed by atoms with Gasteiger partial charge in [-0.2, -0.15) is 0 Å². The van der Waals surface area contributed by atoms with E-state index in [1.807, 2.05) is 0 Å². The lowest BCUT2D eigenvalue weighted by atomic mass is 10.3. The van der Waals surface area contributed by atoms with Crippen molar-refractivity contribution in [1.82, 2.24) is 14.8 Å². The molecule has 9 heteroatoms. The molecular formula is C11H9ClFN3O3S. The highest BCUT2D eigenvalue weighted by atomic mass is 35.5. The summed E-state index contributed by atoms with van der Waals surface area (Å²) < 4.78 is 15.1. The van der Waals surface area contributed by atoms with Crippen LogP contribution in [-0.4, -0.2) is 36.7 Å². The quantitative estimate of drug-likeness (QED) is 0.816. The summed E-state index contributed by atoms with van der Waals surface area (Å²) in [6.45, 7) is -0.466. The monoisotopic (exact) mass is 317 g/mol. The lowest BCUT2D eigenvalue weighted by molar-refractivity contribution is -0.133. The second-order valence-corrected chi connectivity index (χ2v) is 5.05. The molecule has 1 aromatic heterocycles. The van der Waals surface area contributed by atoms with E-state index in [2.05, 4.69) is 10.2 Å². The number of carbonyl (C=O) groups is 1. The third-order valence-electron chi connectivity index (χ3n) is 2.32. The van der Waals surface area contributed by atoms with Crippen molar-refractivity contribution in [2.45, 2.75) is 11.8 Å². The maximum atomic E-state index is 13.9. The Morgan fingerprint density at radius 1 is 1.45 bits per heavy atom. The number of aromatic nitrogens is 3. The summed E-state index contributed by atoms with van der Waals surface area (Å²) in [7, 11) is 0. The van der Waals surface area contributed by atoms with Gasteiger partial charge in [0, 0.05) is 5.02 Å². The molecule has 0 bridgehead atoms. The minimum atomic E-state index is -1.04. The average Bonchev–Trinajstić information content (AvgIpc) is 2.82. The number of aliphatic hydroxyl groups excluding tert-OH is 1. The van der Waals surface area contributed by atoms with Crippen LogP contribution in [0.25, 0.3) is 5.69 Å². The van der Waals surface area contributed by atoms with E-state index in [1.165, 1.54) is 22.8 Å². The maximum Gasteiger partial charge on any atom is 0.313 e. The summed E-state index contributed by atoms with van der Waals surface area (Å²) in [6, 6.07) is 3.90. The van der Waals surface area contributed by atoms with Crippen LogP contribution in [0.15, 0.2) is 23.4 Å². The molecule has 0 atom stereocenters. The molecule has 6 nitrogen and oxygen atoms in total. The number of aliphatic carboxylic acids is 1. The number of nitrogens with zero attached hydrogens (tertiary/aromatic N) is 3. The van der Waals surface area contributed by atoms with Gasteiger partial charge in [-0.1, -0.05) is 23.4 Å². The Kier molecular flexibility index (Phi) is 4.58. The van der Waals surface area contributed by atoms with Crippen molar-refractivity contribution in [3.05, 3.63) is 34.9 Å². The molecule has 0 amide bonds. The molecule has 0 aliphatic heterocycles. The summed E-state index contributed by atoms with van der Waals surface area (Å²) in [5.41, 5.74) is 0.0550. The van der Waals surface area contributed by atoms with Crippen molar-refractivity contribution in [2.24, 2.45) is 0 Å². The van der Waals surface area contributed by atoms with Gasteiger partial charge in [-0.05, 0) is 18.2 Å². The zero-order chi connectivity index (χ0) is 14.7. The summed E-state index contributed by atoms with van der Waals surface area (Å²) in [4.78, 5) is 10.6. The summed E-state index contributed by atoms with van der Waals surface area (Å²) in [5, 5.41) is 25.8. The van der Waals surface area contributed by atoms with Crippen LogP contribution in [0.4, 0.5) is 4.39 Å². The van der Waals surface area contributed by atoms with Crippen LogP contribution in [0.1, 0.15) is 5.82 Å². The second-order valence-electron chi connectivity index (χ2n) is 3.67. The van der Waals surface area contributed by atoms with Gasteiger partial charge >= 0.3 is 5.97 Å². The first-order valence-electron chi connectivity index (χ1n) is 5.38. The molecule has 1 heterocycles. The zero-order valence-corrected chi connectivity index (χ0v) is 11.5. The number of benzene rings is 1. The summed E-state index contributed by atoms with van der Waals surface area (Å²) >= 11 is 6.69. The van der Waals surface area contributed by atoms with E-state index in [0.717, 1.165) is 11.8 Å². The van der Waals surface area contributed by atoms with Crippen LogP contribution < -0.4 is 0 Å². The Morgan fingerprint density at radius 2 is 2.20 bits per heavy atom. The Hall–Kier alpha value is -1.64. The van der Waals surface area contributed by atoms with E-state index in [4.69, 9.17) is 16.7 Å². The number of thioether (sulfide) groups is 1. The largest absolute Gasteiger partial charge is 0.481 e. The third kappa shape index (κ3) is 3.09. The molecule has 0 radical (unpaired) electrons. The fourth-order valence-corrected chi connectivity index (χ4v) is 2.37. The Morgan fingerprint density at radius 3 is 2.85 bits per heavy atom. The van der Waals surface area contributed by atoms with Crippen LogP contribution in [0, 0.1) is 5.82 Å².